The first-order valence-corrected chi connectivity index (χ1v) is 8.75. The number of carboxylic acid groups (broad SMARTS) is 1. The Balaban J connectivity index is 1.69. The number of aromatic nitrogens is 2. The molecule has 1 N–H and O–H groups in total. The van der Waals surface area contributed by atoms with Crippen molar-refractivity contribution in [1.82, 2.24) is 19.4 Å². The molecule has 7 heteroatoms. The van der Waals surface area contributed by atoms with Crippen LogP contribution in [-0.4, -0.2) is 62.6 Å². The van der Waals surface area contributed by atoms with E-state index in [1.807, 2.05) is 11.9 Å². The summed E-state index contributed by atoms with van der Waals surface area (Å²) in [7, 11) is 1.86. The normalized spacial score (nSPS) is 23.0. The molecule has 0 amide bonds. The van der Waals surface area contributed by atoms with Crippen LogP contribution in [0.25, 0.3) is 0 Å². The minimum atomic E-state index is -0.825. The van der Waals surface area contributed by atoms with E-state index in [0.29, 0.717) is 11.7 Å². The highest BCUT2D eigenvalue weighted by molar-refractivity contribution is 9.10. The largest absolute Gasteiger partial charge is 0.480 e. The monoisotopic (exact) mass is 370 g/mol. The Hall–Kier alpha value is -0.920. The van der Waals surface area contributed by atoms with Crippen molar-refractivity contribution in [2.75, 3.05) is 26.2 Å². The maximum Gasteiger partial charge on any atom is 0.327 e. The molecule has 3 rings (SSSR count). The Morgan fingerprint density at radius 3 is 2.45 bits per heavy atom. The highest BCUT2D eigenvalue weighted by atomic mass is 79.9. The van der Waals surface area contributed by atoms with Crippen LogP contribution >= 0.6 is 15.9 Å². The number of carbonyl (C=O) groups is 1. The van der Waals surface area contributed by atoms with Crippen LogP contribution in [0.2, 0.25) is 0 Å². The van der Waals surface area contributed by atoms with E-state index in [-0.39, 0.29) is 0 Å². The molecule has 1 unspecified atom stereocenters. The molecule has 2 fully saturated rings. The van der Waals surface area contributed by atoms with E-state index < -0.39 is 12.0 Å². The predicted molar refractivity (Wildman–Crippen MR) is 86.7 cm³/mol. The second-order valence-corrected chi connectivity index (χ2v) is 7.03. The van der Waals surface area contributed by atoms with Crippen molar-refractivity contribution in [2.45, 2.75) is 37.8 Å². The van der Waals surface area contributed by atoms with Gasteiger partial charge in [0.25, 0.3) is 0 Å². The van der Waals surface area contributed by atoms with Gasteiger partial charge in [0.1, 0.15) is 10.3 Å². The van der Waals surface area contributed by atoms with Crippen molar-refractivity contribution in [3.63, 3.8) is 0 Å². The number of carboxylic acids is 1. The number of imidazole rings is 1. The third-order valence-electron chi connectivity index (χ3n) is 4.94. The van der Waals surface area contributed by atoms with Crippen LogP contribution in [0.1, 0.15) is 37.4 Å². The van der Waals surface area contributed by atoms with E-state index in [2.05, 4.69) is 25.8 Å². The molecule has 0 radical (unpaired) electrons. The molecule has 1 saturated heterocycles. The number of aliphatic carboxylic acids is 1. The van der Waals surface area contributed by atoms with Gasteiger partial charge in [0.2, 0.25) is 0 Å². The zero-order chi connectivity index (χ0) is 15.7. The molecule has 1 aliphatic heterocycles. The molecule has 1 aromatic rings. The highest BCUT2D eigenvalue weighted by Crippen LogP contribution is 2.29. The summed E-state index contributed by atoms with van der Waals surface area (Å²) in [5.41, 5.74) is 0.601. The van der Waals surface area contributed by atoms with Gasteiger partial charge < -0.3 is 9.67 Å². The van der Waals surface area contributed by atoms with E-state index >= 15 is 0 Å². The summed E-state index contributed by atoms with van der Waals surface area (Å²) in [6.07, 6.45) is 6.93. The van der Waals surface area contributed by atoms with Crippen molar-refractivity contribution >= 4 is 21.9 Å². The molecular weight excluding hydrogens is 348 g/mol. The number of halogens is 1. The average molecular weight is 371 g/mol. The van der Waals surface area contributed by atoms with Gasteiger partial charge in [0.05, 0.1) is 6.33 Å². The van der Waals surface area contributed by atoms with Gasteiger partial charge in [-0.25, -0.2) is 4.98 Å². The van der Waals surface area contributed by atoms with Gasteiger partial charge in [0, 0.05) is 39.3 Å². The van der Waals surface area contributed by atoms with Crippen LogP contribution in [0.4, 0.5) is 0 Å². The van der Waals surface area contributed by atoms with E-state index in [9.17, 15) is 9.90 Å². The lowest BCUT2D eigenvalue weighted by Crippen LogP contribution is -2.51. The van der Waals surface area contributed by atoms with Gasteiger partial charge in [-0.1, -0.05) is 12.8 Å². The number of hydrogen-bond acceptors (Lipinski definition) is 4. The second-order valence-electron chi connectivity index (χ2n) is 6.28. The van der Waals surface area contributed by atoms with Crippen molar-refractivity contribution < 1.29 is 9.90 Å². The zero-order valence-corrected chi connectivity index (χ0v) is 14.5. The summed E-state index contributed by atoms with van der Waals surface area (Å²) >= 11 is 3.45. The summed E-state index contributed by atoms with van der Waals surface area (Å²) in [4.78, 5) is 20.6. The van der Waals surface area contributed by atoms with Crippen LogP contribution in [0.3, 0.4) is 0 Å². The minimum Gasteiger partial charge on any atom is -0.480 e. The first kappa shape index (κ1) is 16.0. The summed E-state index contributed by atoms with van der Waals surface area (Å²) in [5, 5.41) is 9.66. The van der Waals surface area contributed by atoms with Gasteiger partial charge in [-0.15, -0.1) is 0 Å². The molecule has 0 spiro atoms. The summed E-state index contributed by atoms with van der Waals surface area (Å²) < 4.78 is 2.55. The molecule has 1 atom stereocenters. The first-order chi connectivity index (χ1) is 10.6. The Morgan fingerprint density at radius 2 is 1.95 bits per heavy atom. The lowest BCUT2D eigenvalue weighted by molar-refractivity contribution is -0.144. The standard InChI is InChI=1S/C15H23BrN4O2/c1-18-10-17-12(14(18)16)13(15(21)22)20-8-6-19(7-9-20)11-4-2-3-5-11/h10-11,13H,2-9H2,1H3,(H,21,22). The first-order valence-electron chi connectivity index (χ1n) is 7.95. The summed E-state index contributed by atoms with van der Waals surface area (Å²) in [6, 6.07) is 0.0494. The van der Waals surface area contributed by atoms with E-state index in [4.69, 9.17) is 0 Å². The quantitative estimate of drug-likeness (QED) is 0.876. The lowest BCUT2D eigenvalue weighted by atomic mass is 10.1. The molecule has 122 valence electrons. The lowest BCUT2D eigenvalue weighted by Gasteiger charge is -2.40. The van der Waals surface area contributed by atoms with Crippen molar-refractivity contribution in [2.24, 2.45) is 7.05 Å². The Labute approximate surface area is 139 Å². The summed E-state index contributed by atoms with van der Waals surface area (Å²) in [6.45, 7) is 3.49. The molecule has 6 nitrogen and oxygen atoms in total. The van der Waals surface area contributed by atoms with Crippen molar-refractivity contribution in [3.05, 3.63) is 16.6 Å². The van der Waals surface area contributed by atoms with Crippen LogP contribution < -0.4 is 0 Å². The summed E-state index contributed by atoms with van der Waals surface area (Å²) in [5.74, 6) is -0.825. The molecule has 0 aromatic carbocycles. The Bertz CT molecular complexity index is 534. The zero-order valence-electron chi connectivity index (χ0n) is 12.9. The third-order valence-corrected chi connectivity index (χ3v) is 5.90. The van der Waals surface area contributed by atoms with Crippen LogP contribution in [0.15, 0.2) is 10.9 Å². The van der Waals surface area contributed by atoms with Crippen molar-refractivity contribution in [1.29, 1.82) is 0 Å². The van der Waals surface area contributed by atoms with Gasteiger partial charge in [0.15, 0.2) is 6.04 Å². The fourth-order valence-corrected chi connectivity index (χ4v) is 4.10. The average Bonchev–Trinajstić information content (AvgIpc) is 3.14. The van der Waals surface area contributed by atoms with Crippen molar-refractivity contribution in [3.8, 4) is 0 Å². The van der Waals surface area contributed by atoms with Gasteiger partial charge in [-0.3, -0.25) is 14.6 Å². The molecule has 2 heterocycles. The van der Waals surface area contributed by atoms with E-state index in [0.717, 1.165) is 30.8 Å². The fourth-order valence-electron chi connectivity index (χ4n) is 3.69. The molecule has 0 bridgehead atoms. The minimum absolute atomic E-state index is 0.601. The highest BCUT2D eigenvalue weighted by Gasteiger charge is 2.35. The Morgan fingerprint density at radius 1 is 1.32 bits per heavy atom. The molecule has 1 aliphatic carbocycles. The topological polar surface area (TPSA) is 61.6 Å². The van der Waals surface area contributed by atoms with Gasteiger partial charge in [-0.2, -0.15) is 0 Å². The van der Waals surface area contributed by atoms with E-state index in [1.165, 1.54) is 25.7 Å². The molecule has 1 aromatic heterocycles. The smallest absolute Gasteiger partial charge is 0.327 e. The third kappa shape index (κ3) is 3.07. The number of nitrogens with zero attached hydrogens (tertiary/aromatic N) is 4. The Kier molecular flexibility index (Phi) is 4.84. The van der Waals surface area contributed by atoms with Gasteiger partial charge in [-0.05, 0) is 28.8 Å². The predicted octanol–water partition coefficient (Wildman–Crippen LogP) is 1.87. The van der Waals surface area contributed by atoms with E-state index in [1.54, 1.807) is 10.9 Å². The maximum absolute atomic E-state index is 11.8. The number of rotatable bonds is 4. The molecule has 1 saturated carbocycles. The second kappa shape index (κ2) is 6.68. The van der Waals surface area contributed by atoms with Crippen LogP contribution in [0, 0.1) is 0 Å². The molecule has 2 aliphatic rings. The van der Waals surface area contributed by atoms with Gasteiger partial charge >= 0.3 is 5.97 Å². The molecule has 22 heavy (non-hydrogen) atoms. The molecular formula is C15H23BrN4O2. The fraction of sp³-hybridized carbons (Fsp3) is 0.733. The van der Waals surface area contributed by atoms with Crippen LogP contribution in [-0.2, 0) is 11.8 Å². The number of hydrogen-bond donors (Lipinski definition) is 1. The SMILES string of the molecule is Cn1cnc(C(C(=O)O)N2CCN(C3CCCC3)CC2)c1Br. The number of aryl methyl sites for hydroxylation is 1. The number of piperazine rings is 1. The maximum atomic E-state index is 11.8. The van der Waals surface area contributed by atoms with Crippen LogP contribution in [0.5, 0.6) is 0 Å².